The molecule has 7 heteroatoms. The zero-order valence-electron chi connectivity index (χ0n) is 17.3. The number of fused-ring (bicyclic) bond motifs is 1. The van der Waals surface area contributed by atoms with Gasteiger partial charge in [-0.3, -0.25) is 4.79 Å². The van der Waals surface area contributed by atoms with E-state index in [0.29, 0.717) is 5.69 Å². The van der Waals surface area contributed by atoms with Crippen LogP contribution in [0.4, 0.5) is 10.5 Å². The number of likely N-dealkylation sites (N-methyl/N-ethyl adjacent to an activating group) is 1. The van der Waals surface area contributed by atoms with Gasteiger partial charge in [-0.15, -0.1) is 0 Å². The average molecular weight is 403 g/mol. The summed E-state index contributed by atoms with van der Waals surface area (Å²) >= 11 is 0. The molecule has 7 nitrogen and oxygen atoms in total. The number of nitrogens with zero attached hydrogens (tertiary/aromatic N) is 2. The van der Waals surface area contributed by atoms with Gasteiger partial charge in [-0.1, -0.05) is 36.4 Å². The number of H-pyrrole nitrogens is 1. The molecule has 0 aliphatic heterocycles. The van der Waals surface area contributed by atoms with E-state index in [9.17, 15) is 14.9 Å². The molecule has 1 heterocycles. The Morgan fingerprint density at radius 1 is 1.13 bits per heavy atom. The first-order chi connectivity index (χ1) is 14.4. The van der Waals surface area contributed by atoms with E-state index in [4.69, 9.17) is 0 Å². The van der Waals surface area contributed by atoms with Gasteiger partial charge in [0.1, 0.15) is 6.04 Å². The van der Waals surface area contributed by atoms with E-state index in [1.54, 1.807) is 6.92 Å². The van der Waals surface area contributed by atoms with Gasteiger partial charge in [-0.25, -0.2) is 9.69 Å². The highest BCUT2D eigenvalue weighted by Gasteiger charge is 2.27. The number of urea groups is 1. The molecular weight excluding hydrogens is 378 g/mol. The highest BCUT2D eigenvalue weighted by Crippen LogP contribution is 2.21. The minimum absolute atomic E-state index is 0.236. The van der Waals surface area contributed by atoms with Gasteiger partial charge >= 0.3 is 6.03 Å². The fourth-order valence-electron chi connectivity index (χ4n) is 3.50. The van der Waals surface area contributed by atoms with Crippen LogP contribution >= 0.6 is 0 Å². The predicted molar refractivity (Wildman–Crippen MR) is 117 cm³/mol. The second-order valence-corrected chi connectivity index (χ2v) is 7.16. The van der Waals surface area contributed by atoms with Crippen molar-refractivity contribution in [2.24, 2.45) is 0 Å². The Bertz CT molecular complexity index is 1090. The number of carbonyl (C=O) groups excluding carboxylic acids is 2. The molecule has 3 N–H and O–H groups in total. The number of aromatic nitrogens is 1. The number of nitrogens with one attached hydrogen (secondary N) is 3. The molecule has 0 saturated carbocycles. The Hall–Kier alpha value is -3.79. The Morgan fingerprint density at radius 3 is 2.50 bits per heavy atom. The number of anilines is 1. The smallest absolute Gasteiger partial charge is 0.319 e. The third-order valence-electron chi connectivity index (χ3n) is 5.13. The molecule has 0 aliphatic rings. The quantitative estimate of drug-likeness (QED) is 0.430. The first kappa shape index (κ1) is 20.9. The van der Waals surface area contributed by atoms with Gasteiger partial charge in [-0.05, 0) is 43.5 Å². The summed E-state index contributed by atoms with van der Waals surface area (Å²) in [5, 5.41) is 15.9. The number of para-hydroxylation sites is 2. The Labute approximate surface area is 175 Å². The van der Waals surface area contributed by atoms with Gasteiger partial charge < -0.3 is 15.6 Å². The van der Waals surface area contributed by atoms with E-state index in [1.807, 2.05) is 68.7 Å². The van der Waals surface area contributed by atoms with Crippen molar-refractivity contribution in [3.63, 3.8) is 0 Å². The summed E-state index contributed by atoms with van der Waals surface area (Å²) < 4.78 is 0. The third-order valence-corrected chi connectivity index (χ3v) is 5.13. The zero-order valence-corrected chi connectivity index (χ0v) is 17.3. The van der Waals surface area contributed by atoms with Crippen molar-refractivity contribution in [3.05, 3.63) is 65.4 Å². The van der Waals surface area contributed by atoms with E-state index < -0.39 is 18.0 Å². The van der Waals surface area contributed by atoms with Crippen LogP contribution in [-0.4, -0.2) is 34.4 Å². The van der Waals surface area contributed by atoms with Crippen LogP contribution in [0.2, 0.25) is 0 Å². The first-order valence-corrected chi connectivity index (χ1v) is 9.84. The highest BCUT2D eigenvalue weighted by molar-refractivity contribution is 5.95. The minimum atomic E-state index is -0.881. The Morgan fingerprint density at radius 2 is 1.83 bits per heavy atom. The van der Waals surface area contributed by atoms with E-state index in [1.165, 1.54) is 0 Å². The van der Waals surface area contributed by atoms with Crippen molar-refractivity contribution in [2.45, 2.75) is 33.2 Å². The number of benzene rings is 2. The minimum Gasteiger partial charge on any atom is -0.361 e. The number of aryl methyl sites for hydroxylation is 2. The highest BCUT2D eigenvalue weighted by atomic mass is 16.2. The molecule has 0 bridgehead atoms. The summed E-state index contributed by atoms with van der Waals surface area (Å²) in [6.07, 6.45) is 3.99. The monoisotopic (exact) mass is 403 g/mol. The van der Waals surface area contributed by atoms with Gasteiger partial charge in [0.05, 0.1) is 0 Å². The molecule has 1 atom stereocenters. The van der Waals surface area contributed by atoms with Crippen molar-refractivity contribution in [3.8, 4) is 6.19 Å². The molecule has 1 unspecified atom stereocenters. The SMILES string of the molecule is CCN(C#N)C(=O)C(Cc1c[nH]c2ccccc12)NC(=O)Nc1c(C)cccc1C. The van der Waals surface area contributed by atoms with Crippen LogP contribution in [0.15, 0.2) is 48.7 Å². The lowest BCUT2D eigenvalue weighted by Gasteiger charge is -2.22. The van der Waals surface area contributed by atoms with E-state index >= 15 is 0 Å². The summed E-state index contributed by atoms with van der Waals surface area (Å²) in [5.74, 6) is -0.443. The average Bonchev–Trinajstić information content (AvgIpc) is 3.14. The maximum absolute atomic E-state index is 12.9. The molecule has 154 valence electrons. The number of hydrogen-bond donors (Lipinski definition) is 3. The molecule has 0 fully saturated rings. The lowest BCUT2D eigenvalue weighted by molar-refractivity contribution is -0.129. The molecule has 30 heavy (non-hydrogen) atoms. The molecule has 0 radical (unpaired) electrons. The van der Waals surface area contributed by atoms with Gasteiger partial charge in [0.2, 0.25) is 0 Å². The van der Waals surface area contributed by atoms with Gasteiger partial charge in [0.25, 0.3) is 5.91 Å². The topological polar surface area (TPSA) is 101 Å². The largest absolute Gasteiger partial charge is 0.361 e. The van der Waals surface area contributed by atoms with Gasteiger partial charge in [0.15, 0.2) is 6.19 Å². The Balaban J connectivity index is 1.85. The maximum atomic E-state index is 12.9. The fraction of sp³-hybridized carbons (Fsp3) is 0.261. The molecule has 3 amide bonds. The lowest BCUT2D eigenvalue weighted by Crippen LogP contribution is -2.49. The molecule has 3 aromatic rings. The summed E-state index contributed by atoms with van der Waals surface area (Å²) in [6, 6.07) is 12.1. The summed E-state index contributed by atoms with van der Waals surface area (Å²) in [5.41, 5.74) is 4.41. The van der Waals surface area contributed by atoms with E-state index in [-0.39, 0.29) is 13.0 Å². The number of carbonyl (C=O) groups is 2. The third kappa shape index (κ3) is 4.44. The number of aromatic amines is 1. The van der Waals surface area contributed by atoms with Crippen molar-refractivity contribution in [1.82, 2.24) is 15.2 Å². The van der Waals surface area contributed by atoms with Crippen LogP contribution in [0.3, 0.4) is 0 Å². The van der Waals surface area contributed by atoms with Crippen LogP contribution in [0.1, 0.15) is 23.6 Å². The van der Waals surface area contributed by atoms with Crippen molar-refractivity contribution in [1.29, 1.82) is 5.26 Å². The van der Waals surface area contributed by atoms with Gasteiger partial charge in [0, 0.05) is 35.8 Å². The van der Waals surface area contributed by atoms with Crippen molar-refractivity contribution in [2.75, 3.05) is 11.9 Å². The second-order valence-electron chi connectivity index (χ2n) is 7.16. The number of nitriles is 1. The summed E-state index contributed by atoms with van der Waals surface area (Å²) in [4.78, 5) is 29.9. The molecular formula is C23H25N5O2. The Kier molecular flexibility index (Phi) is 6.38. The normalized spacial score (nSPS) is 11.5. The summed E-state index contributed by atoms with van der Waals surface area (Å²) in [6.45, 7) is 5.78. The number of hydrogen-bond acceptors (Lipinski definition) is 3. The molecule has 0 spiro atoms. The summed E-state index contributed by atoms with van der Waals surface area (Å²) in [7, 11) is 0. The maximum Gasteiger partial charge on any atom is 0.319 e. The fourth-order valence-corrected chi connectivity index (χ4v) is 3.50. The first-order valence-electron chi connectivity index (χ1n) is 9.84. The van der Waals surface area contributed by atoms with Crippen LogP contribution in [-0.2, 0) is 11.2 Å². The van der Waals surface area contributed by atoms with Crippen LogP contribution in [0.25, 0.3) is 10.9 Å². The molecule has 0 aliphatic carbocycles. The molecule has 3 rings (SSSR count). The van der Waals surface area contributed by atoms with Crippen LogP contribution in [0, 0.1) is 25.3 Å². The van der Waals surface area contributed by atoms with Gasteiger partial charge in [-0.2, -0.15) is 5.26 Å². The van der Waals surface area contributed by atoms with E-state index in [2.05, 4.69) is 15.6 Å². The second kappa shape index (κ2) is 9.14. The standard InChI is InChI=1S/C23H25N5O2/c1-4-28(14-24)22(29)20(12-17-13-25-19-11-6-5-10-18(17)19)26-23(30)27-21-15(2)8-7-9-16(21)3/h5-11,13,20,25H,4,12H2,1-3H3,(H2,26,27,30). The van der Waals surface area contributed by atoms with Crippen molar-refractivity contribution < 1.29 is 9.59 Å². The molecule has 0 saturated heterocycles. The van der Waals surface area contributed by atoms with E-state index in [0.717, 1.165) is 32.5 Å². The number of amides is 3. The van der Waals surface area contributed by atoms with Crippen LogP contribution in [0.5, 0.6) is 0 Å². The van der Waals surface area contributed by atoms with Crippen LogP contribution < -0.4 is 10.6 Å². The number of rotatable bonds is 6. The molecule has 1 aromatic heterocycles. The molecule has 2 aromatic carbocycles. The van der Waals surface area contributed by atoms with Crippen molar-refractivity contribution >= 4 is 28.5 Å². The lowest BCUT2D eigenvalue weighted by atomic mass is 10.0. The zero-order chi connectivity index (χ0) is 21.7. The predicted octanol–water partition coefficient (Wildman–Crippen LogP) is 3.85.